The Balaban J connectivity index is 2.30. The van der Waals surface area contributed by atoms with Gasteiger partial charge in [0.2, 0.25) is 5.75 Å². The van der Waals surface area contributed by atoms with Crippen LogP contribution in [0.5, 0.6) is 17.2 Å². The van der Waals surface area contributed by atoms with Gasteiger partial charge < -0.3 is 24.6 Å². The standard InChI is InChI=1S/C16H21NO6/c1-4-5-16(2,15(19)20)17-14(18)10-8-11(21-3)13-12(9-10)22-6-7-23-13/h8-9H,4-7H2,1-3H3,(H,17,18)(H,19,20). The molecule has 7 heteroatoms. The van der Waals surface area contributed by atoms with Crippen molar-refractivity contribution in [3.63, 3.8) is 0 Å². The summed E-state index contributed by atoms with van der Waals surface area (Å²) in [7, 11) is 1.47. The molecule has 0 bridgehead atoms. The second-order valence-corrected chi connectivity index (χ2v) is 5.54. The number of fused-ring (bicyclic) bond motifs is 1. The van der Waals surface area contributed by atoms with Crippen molar-refractivity contribution >= 4 is 11.9 Å². The number of hydrogen-bond donors (Lipinski definition) is 2. The predicted octanol–water partition coefficient (Wildman–Crippen LogP) is 1.84. The van der Waals surface area contributed by atoms with Crippen LogP contribution in [0.2, 0.25) is 0 Å². The van der Waals surface area contributed by atoms with Crippen LogP contribution in [0, 0.1) is 0 Å². The van der Waals surface area contributed by atoms with E-state index in [1.54, 1.807) is 0 Å². The molecule has 1 aromatic carbocycles. The van der Waals surface area contributed by atoms with Gasteiger partial charge in [-0.05, 0) is 25.5 Å². The Morgan fingerprint density at radius 2 is 2.04 bits per heavy atom. The van der Waals surface area contributed by atoms with Gasteiger partial charge in [-0.3, -0.25) is 4.79 Å². The van der Waals surface area contributed by atoms with Crippen molar-refractivity contribution in [1.82, 2.24) is 5.32 Å². The van der Waals surface area contributed by atoms with Crippen LogP contribution in [-0.4, -0.2) is 42.8 Å². The fourth-order valence-electron chi connectivity index (χ4n) is 2.45. The highest BCUT2D eigenvalue weighted by Gasteiger charge is 2.34. The second-order valence-electron chi connectivity index (χ2n) is 5.54. The Morgan fingerprint density at radius 3 is 2.65 bits per heavy atom. The number of carboxylic acids is 1. The molecule has 1 aliphatic rings. The van der Waals surface area contributed by atoms with Gasteiger partial charge in [0.15, 0.2) is 11.5 Å². The van der Waals surface area contributed by atoms with Crippen LogP contribution in [0.4, 0.5) is 0 Å². The van der Waals surface area contributed by atoms with E-state index in [1.165, 1.54) is 26.2 Å². The minimum Gasteiger partial charge on any atom is -0.493 e. The lowest BCUT2D eigenvalue weighted by atomic mass is 9.95. The van der Waals surface area contributed by atoms with E-state index in [-0.39, 0.29) is 5.56 Å². The average molecular weight is 323 g/mol. The fourth-order valence-corrected chi connectivity index (χ4v) is 2.45. The summed E-state index contributed by atoms with van der Waals surface area (Å²) in [6, 6.07) is 3.04. The average Bonchev–Trinajstić information content (AvgIpc) is 2.53. The lowest BCUT2D eigenvalue weighted by Gasteiger charge is -2.26. The molecule has 0 saturated heterocycles. The molecule has 2 N–H and O–H groups in total. The molecule has 1 aromatic rings. The third-order valence-electron chi connectivity index (χ3n) is 3.70. The molecule has 23 heavy (non-hydrogen) atoms. The number of aliphatic carboxylic acids is 1. The van der Waals surface area contributed by atoms with Gasteiger partial charge in [0.1, 0.15) is 18.8 Å². The number of carbonyl (C=O) groups is 2. The fraction of sp³-hybridized carbons (Fsp3) is 0.500. The lowest BCUT2D eigenvalue weighted by Crippen LogP contribution is -2.52. The molecule has 126 valence electrons. The van der Waals surface area contributed by atoms with Crippen molar-refractivity contribution in [2.75, 3.05) is 20.3 Å². The molecular weight excluding hydrogens is 302 g/mol. The highest BCUT2D eigenvalue weighted by molar-refractivity contribution is 5.98. The van der Waals surface area contributed by atoms with Gasteiger partial charge in [0.05, 0.1) is 7.11 Å². The number of ether oxygens (including phenoxy) is 3. The van der Waals surface area contributed by atoms with Crippen molar-refractivity contribution in [2.24, 2.45) is 0 Å². The van der Waals surface area contributed by atoms with E-state index >= 15 is 0 Å². The first kappa shape index (κ1) is 16.9. The maximum Gasteiger partial charge on any atom is 0.329 e. The minimum atomic E-state index is -1.33. The van der Waals surface area contributed by atoms with E-state index in [2.05, 4.69) is 5.32 Å². The van der Waals surface area contributed by atoms with Gasteiger partial charge in [-0.15, -0.1) is 0 Å². The van der Waals surface area contributed by atoms with E-state index in [0.29, 0.717) is 43.3 Å². The summed E-state index contributed by atoms with van der Waals surface area (Å²) in [5, 5.41) is 11.9. The normalized spacial score (nSPS) is 15.4. The molecule has 2 rings (SSSR count). The summed E-state index contributed by atoms with van der Waals surface area (Å²) in [5.41, 5.74) is -1.07. The van der Waals surface area contributed by atoms with Gasteiger partial charge >= 0.3 is 5.97 Å². The van der Waals surface area contributed by atoms with Crippen molar-refractivity contribution in [3.8, 4) is 17.2 Å². The summed E-state index contributed by atoms with van der Waals surface area (Å²) in [5.74, 6) is -0.339. The smallest absolute Gasteiger partial charge is 0.329 e. The zero-order chi connectivity index (χ0) is 17.0. The van der Waals surface area contributed by atoms with E-state index in [0.717, 1.165) is 0 Å². The van der Waals surface area contributed by atoms with Gasteiger partial charge in [0.25, 0.3) is 5.91 Å². The summed E-state index contributed by atoms with van der Waals surface area (Å²) >= 11 is 0. The van der Waals surface area contributed by atoms with E-state index in [4.69, 9.17) is 14.2 Å². The van der Waals surface area contributed by atoms with Gasteiger partial charge in [-0.2, -0.15) is 0 Å². The molecule has 0 spiro atoms. The highest BCUT2D eigenvalue weighted by Crippen LogP contribution is 2.40. The Kier molecular flexibility index (Phi) is 4.98. The Labute approximate surface area is 134 Å². The molecule has 1 unspecified atom stereocenters. The van der Waals surface area contributed by atoms with Crippen LogP contribution < -0.4 is 19.5 Å². The first-order chi connectivity index (χ1) is 10.9. The molecule has 0 radical (unpaired) electrons. The van der Waals surface area contributed by atoms with Crippen LogP contribution in [-0.2, 0) is 4.79 Å². The molecule has 0 fully saturated rings. The second kappa shape index (κ2) is 6.76. The maximum absolute atomic E-state index is 12.5. The Hall–Kier alpha value is -2.44. The molecular formula is C16H21NO6. The molecule has 1 amide bonds. The molecule has 1 aliphatic heterocycles. The zero-order valence-corrected chi connectivity index (χ0v) is 13.5. The minimum absolute atomic E-state index is 0.259. The van der Waals surface area contributed by atoms with Gasteiger partial charge in [-0.25, -0.2) is 4.79 Å². The first-order valence-corrected chi connectivity index (χ1v) is 7.45. The largest absolute Gasteiger partial charge is 0.493 e. The topological polar surface area (TPSA) is 94.1 Å². The third-order valence-corrected chi connectivity index (χ3v) is 3.70. The summed E-state index contributed by atoms with van der Waals surface area (Å²) in [6.07, 6.45) is 0.962. The number of benzene rings is 1. The molecule has 1 atom stereocenters. The molecule has 1 heterocycles. The molecule has 7 nitrogen and oxygen atoms in total. The highest BCUT2D eigenvalue weighted by atomic mass is 16.6. The first-order valence-electron chi connectivity index (χ1n) is 7.45. The van der Waals surface area contributed by atoms with E-state index < -0.39 is 17.4 Å². The number of carboxylic acid groups (broad SMARTS) is 1. The number of methoxy groups -OCH3 is 1. The number of amides is 1. The van der Waals surface area contributed by atoms with Crippen LogP contribution in [0.1, 0.15) is 37.0 Å². The Morgan fingerprint density at radius 1 is 1.35 bits per heavy atom. The van der Waals surface area contributed by atoms with Crippen molar-refractivity contribution < 1.29 is 28.9 Å². The number of rotatable bonds is 6. The SMILES string of the molecule is CCCC(C)(NC(=O)c1cc(OC)c2c(c1)OCCO2)C(=O)O. The van der Waals surface area contributed by atoms with E-state index in [9.17, 15) is 14.7 Å². The third kappa shape index (κ3) is 3.49. The van der Waals surface area contributed by atoms with Crippen LogP contribution in [0.15, 0.2) is 12.1 Å². The summed E-state index contributed by atoms with van der Waals surface area (Å²) in [4.78, 5) is 23.9. The molecule has 0 aliphatic carbocycles. The monoisotopic (exact) mass is 323 g/mol. The maximum atomic E-state index is 12.5. The van der Waals surface area contributed by atoms with Crippen molar-refractivity contribution in [3.05, 3.63) is 17.7 Å². The van der Waals surface area contributed by atoms with Gasteiger partial charge in [0, 0.05) is 5.56 Å². The van der Waals surface area contributed by atoms with Crippen LogP contribution in [0.25, 0.3) is 0 Å². The summed E-state index contributed by atoms with van der Waals surface area (Å²) in [6.45, 7) is 4.14. The number of nitrogens with one attached hydrogen (secondary N) is 1. The Bertz CT molecular complexity index is 598. The molecule has 0 saturated carbocycles. The number of carbonyl (C=O) groups excluding carboxylic acids is 1. The van der Waals surface area contributed by atoms with Crippen molar-refractivity contribution in [2.45, 2.75) is 32.2 Å². The van der Waals surface area contributed by atoms with Crippen LogP contribution in [0.3, 0.4) is 0 Å². The van der Waals surface area contributed by atoms with E-state index in [1.807, 2.05) is 6.92 Å². The zero-order valence-electron chi connectivity index (χ0n) is 13.5. The van der Waals surface area contributed by atoms with Crippen LogP contribution >= 0.6 is 0 Å². The lowest BCUT2D eigenvalue weighted by molar-refractivity contribution is -0.144. The van der Waals surface area contributed by atoms with Crippen molar-refractivity contribution in [1.29, 1.82) is 0 Å². The number of hydrogen-bond acceptors (Lipinski definition) is 5. The molecule has 0 aromatic heterocycles. The predicted molar refractivity (Wildman–Crippen MR) is 82.4 cm³/mol. The summed E-state index contributed by atoms with van der Waals surface area (Å²) < 4.78 is 16.2. The quantitative estimate of drug-likeness (QED) is 0.829. The van der Waals surface area contributed by atoms with Gasteiger partial charge in [-0.1, -0.05) is 13.3 Å².